The summed E-state index contributed by atoms with van der Waals surface area (Å²) < 4.78 is 7.06. The molecule has 0 bridgehead atoms. The fourth-order valence-corrected chi connectivity index (χ4v) is 4.20. The Labute approximate surface area is 190 Å². The molecule has 0 aliphatic rings. The molecule has 9 heteroatoms. The van der Waals surface area contributed by atoms with Crippen LogP contribution in [0, 0.1) is 5.92 Å². The second-order valence-corrected chi connectivity index (χ2v) is 8.80. The van der Waals surface area contributed by atoms with E-state index in [4.69, 9.17) is 4.74 Å². The van der Waals surface area contributed by atoms with Gasteiger partial charge in [-0.2, -0.15) is 0 Å². The van der Waals surface area contributed by atoms with E-state index in [-0.39, 0.29) is 17.7 Å². The molecule has 0 aliphatic heterocycles. The molecule has 2 aromatic heterocycles. The SMILES string of the molecule is COc1ccc(-n2cnnc2SCC(=O)NC(CC(C)C)c2nc3ccccc3[nH]2)cc1. The molecule has 1 amide bonds. The molecule has 1 atom stereocenters. The van der Waals surface area contributed by atoms with E-state index in [2.05, 4.69) is 39.3 Å². The first-order valence-corrected chi connectivity index (χ1v) is 11.4. The molecule has 4 aromatic rings. The number of aromatic nitrogens is 5. The van der Waals surface area contributed by atoms with E-state index in [0.29, 0.717) is 11.1 Å². The van der Waals surface area contributed by atoms with Gasteiger partial charge in [-0.15, -0.1) is 10.2 Å². The maximum atomic E-state index is 12.8. The topological polar surface area (TPSA) is 97.7 Å². The zero-order valence-electron chi connectivity index (χ0n) is 18.3. The summed E-state index contributed by atoms with van der Waals surface area (Å²) in [6, 6.07) is 15.3. The van der Waals surface area contributed by atoms with E-state index in [1.165, 1.54) is 11.8 Å². The van der Waals surface area contributed by atoms with Gasteiger partial charge in [0.2, 0.25) is 5.91 Å². The minimum Gasteiger partial charge on any atom is -0.497 e. The molecular weight excluding hydrogens is 424 g/mol. The molecule has 0 saturated carbocycles. The van der Waals surface area contributed by atoms with Crippen LogP contribution in [-0.2, 0) is 4.79 Å². The third-order valence-electron chi connectivity index (χ3n) is 4.98. The van der Waals surface area contributed by atoms with Gasteiger partial charge in [0.15, 0.2) is 5.16 Å². The maximum absolute atomic E-state index is 12.8. The molecule has 0 radical (unpaired) electrons. The number of benzene rings is 2. The molecule has 2 N–H and O–H groups in total. The average Bonchev–Trinajstić information content (AvgIpc) is 3.44. The number of methoxy groups -OCH3 is 1. The van der Waals surface area contributed by atoms with Crippen molar-refractivity contribution in [2.24, 2.45) is 5.92 Å². The first-order valence-electron chi connectivity index (χ1n) is 10.4. The summed E-state index contributed by atoms with van der Waals surface area (Å²) >= 11 is 1.34. The molecule has 32 heavy (non-hydrogen) atoms. The summed E-state index contributed by atoms with van der Waals surface area (Å²) in [7, 11) is 1.63. The highest BCUT2D eigenvalue weighted by Crippen LogP contribution is 2.24. The molecular formula is C23H26N6O2S. The van der Waals surface area contributed by atoms with Gasteiger partial charge in [0.1, 0.15) is 17.9 Å². The normalized spacial score (nSPS) is 12.2. The molecule has 2 aromatic carbocycles. The Morgan fingerprint density at radius 2 is 1.97 bits per heavy atom. The van der Waals surface area contributed by atoms with Gasteiger partial charge in [-0.25, -0.2) is 4.98 Å². The Balaban J connectivity index is 1.43. The lowest BCUT2D eigenvalue weighted by molar-refractivity contribution is -0.119. The predicted octanol–water partition coefficient (Wildman–Crippen LogP) is 4.15. The van der Waals surface area contributed by atoms with Crippen LogP contribution in [-0.4, -0.2) is 43.5 Å². The van der Waals surface area contributed by atoms with Crippen LogP contribution < -0.4 is 10.1 Å². The molecule has 0 spiro atoms. The number of carbonyl (C=O) groups excluding carboxylic acids is 1. The fraction of sp³-hybridized carbons (Fsp3) is 0.304. The summed E-state index contributed by atoms with van der Waals surface area (Å²) in [5, 5.41) is 12.0. The van der Waals surface area contributed by atoms with Crippen molar-refractivity contribution in [1.29, 1.82) is 0 Å². The smallest absolute Gasteiger partial charge is 0.231 e. The van der Waals surface area contributed by atoms with E-state index in [0.717, 1.165) is 34.7 Å². The number of aromatic amines is 1. The number of thioether (sulfide) groups is 1. The Bertz CT molecular complexity index is 1150. The van der Waals surface area contributed by atoms with Crippen LogP contribution in [0.3, 0.4) is 0 Å². The molecule has 2 heterocycles. The van der Waals surface area contributed by atoms with Gasteiger partial charge >= 0.3 is 0 Å². The van der Waals surface area contributed by atoms with Crippen molar-refractivity contribution in [3.05, 3.63) is 60.7 Å². The van der Waals surface area contributed by atoms with Gasteiger partial charge < -0.3 is 15.0 Å². The van der Waals surface area contributed by atoms with E-state index in [9.17, 15) is 4.79 Å². The monoisotopic (exact) mass is 450 g/mol. The number of carbonyl (C=O) groups is 1. The van der Waals surface area contributed by atoms with Crippen LogP contribution in [0.15, 0.2) is 60.0 Å². The molecule has 4 rings (SSSR count). The van der Waals surface area contributed by atoms with Crippen LogP contribution in [0.2, 0.25) is 0 Å². The number of ether oxygens (including phenoxy) is 1. The first kappa shape index (κ1) is 21.9. The van der Waals surface area contributed by atoms with E-state index in [1.54, 1.807) is 13.4 Å². The standard InChI is InChI=1S/C23H26N6O2S/c1-15(2)12-20(22-26-18-6-4-5-7-19(18)27-22)25-21(30)13-32-23-28-24-14-29(23)16-8-10-17(31-3)11-9-16/h4-11,14-15,20H,12-13H2,1-3H3,(H,25,30)(H,26,27). The number of hydrogen-bond donors (Lipinski definition) is 2. The number of para-hydroxylation sites is 2. The number of imidazole rings is 1. The zero-order chi connectivity index (χ0) is 22.5. The molecule has 0 fully saturated rings. The molecule has 0 aliphatic carbocycles. The molecule has 0 saturated heterocycles. The minimum absolute atomic E-state index is 0.0783. The third kappa shape index (κ3) is 5.11. The van der Waals surface area contributed by atoms with Crippen molar-refractivity contribution < 1.29 is 9.53 Å². The zero-order valence-corrected chi connectivity index (χ0v) is 19.1. The number of nitrogens with one attached hydrogen (secondary N) is 2. The van der Waals surface area contributed by atoms with E-state index in [1.807, 2.05) is 53.1 Å². The van der Waals surface area contributed by atoms with Gasteiger partial charge in [0, 0.05) is 5.69 Å². The largest absolute Gasteiger partial charge is 0.497 e. The summed E-state index contributed by atoms with van der Waals surface area (Å²) in [6.45, 7) is 4.27. The number of rotatable bonds is 9. The Kier molecular flexibility index (Phi) is 6.75. The summed E-state index contributed by atoms with van der Waals surface area (Å²) in [5.74, 6) is 2.10. The van der Waals surface area contributed by atoms with Crippen LogP contribution in [0.4, 0.5) is 0 Å². The molecule has 8 nitrogen and oxygen atoms in total. The number of hydrogen-bond acceptors (Lipinski definition) is 6. The van der Waals surface area contributed by atoms with Crippen LogP contribution in [0.5, 0.6) is 5.75 Å². The average molecular weight is 451 g/mol. The second kappa shape index (κ2) is 9.86. The lowest BCUT2D eigenvalue weighted by Crippen LogP contribution is -2.31. The highest BCUT2D eigenvalue weighted by molar-refractivity contribution is 7.99. The van der Waals surface area contributed by atoms with E-state index >= 15 is 0 Å². The lowest BCUT2D eigenvalue weighted by atomic mass is 10.0. The van der Waals surface area contributed by atoms with Crippen LogP contribution >= 0.6 is 11.8 Å². The first-order chi connectivity index (χ1) is 15.5. The van der Waals surface area contributed by atoms with Crippen LogP contribution in [0.1, 0.15) is 32.1 Å². The van der Waals surface area contributed by atoms with Gasteiger partial charge in [-0.05, 0) is 48.7 Å². The van der Waals surface area contributed by atoms with Crippen molar-refractivity contribution in [2.45, 2.75) is 31.5 Å². The van der Waals surface area contributed by atoms with Gasteiger partial charge in [0.05, 0.1) is 29.9 Å². The van der Waals surface area contributed by atoms with Crippen LogP contribution in [0.25, 0.3) is 16.7 Å². The van der Waals surface area contributed by atoms with Crippen molar-refractivity contribution >= 4 is 28.7 Å². The fourth-order valence-electron chi connectivity index (χ4n) is 3.46. The van der Waals surface area contributed by atoms with Crippen molar-refractivity contribution in [1.82, 2.24) is 30.0 Å². The Morgan fingerprint density at radius 1 is 1.19 bits per heavy atom. The Morgan fingerprint density at radius 3 is 2.69 bits per heavy atom. The highest BCUT2D eigenvalue weighted by atomic mass is 32.2. The van der Waals surface area contributed by atoms with Gasteiger partial charge in [-0.1, -0.05) is 37.7 Å². The minimum atomic E-state index is -0.185. The number of H-pyrrole nitrogens is 1. The third-order valence-corrected chi connectivity index (χ3v) is 5.92. The second-order valence-electron chi connectivity index (χ2n) is 7.86. The molecule has 1 unspecified atom stereocenters. The summed E-state index contributed by atoms with van der Waals surface area (Å²) in [5.41, 5.74) is 2.76. The molecule has 166 valence electrons. The van der Waals surface area contributed by atoms with Gasteiger partial charge in [-0.3, -0.25) is 9.36 Å². The van der Waals surface area contributed by atoms with Crippen molar-refractivity contribution in [3.63, 3.8) is 0 Å². The predicted molar refractivity (Wildman–Crippen MR) is 125 cm³/mol. The summed E-state index contributed by atoms with van der Waals surface area (Å²) in [4.78, 5) is 20.8. The number of amides is 1. The number of nitrogens with zero attached hydrogens (tertiary/aromatic N) is 4. The Hall–Kier alpha value is -3.33. The van der Waals surface area contributed by atoms with Crippen molar-refractivity contribution in [3.8, 4) is 11.4 Å². The van der Waals surface area contributed by atoms with Crippen molar-refractivity contribution in [2.75, 3.05) is 12.9 Å². The summed E-state index contributed by atoms with van der Waals surface area (Å²) in [6.07, 6.45) is 2.43. The maximum Gasteiger partial charge on any atom is 0.231 e. The highest BCUT2D eigenvalue weighted by Gasteiger charge is 2.20. The van der Waals surface area contributed by atoms with Gasteiger partial charge in [0.25, 0.3) is 0 Å². The van der Waals surface area contributed by atoms with E-state index < -0.39 is 0 Å². The quantitative estimate of drug-likeness (QED) is 0.372. The lowest BCUT2D eigenvalue weighted by Gasteiger charge is -2.18. The number of fused-ring (bicyclic) bond motifs is 1.